The highest BCUT2D eigenvalue weighted by atomic mass is 16.3. The molecular weight excluding hydrogens is 224 g/mol. The van der Waals surface area contributed by atoms with Gasteiger partial charge in [-0.2, -0.15) is 0 Å². The molecule has 0 aliphatic rings. The second-order valence-corrected chi connectivity index (χ2v) is 4.32. The van der Waals surface area contributed by atoms with Gasteiger partial charge in [-0.3, -0.25) is 0 Å². The molecule has 0 aliphatic carbocycles. The van der Waals surface area contributed by atoms with Crippen molar-refractivity contribution >= 4 is 16.8 Å². The Hall–Kier alpha value is -2.29. The Morgan fingerprint density at radius 1 is 1.06 bits per heavy atom. The van der Waals surface area contributed by atoms with E-state index in [1.807, 2.05) is 37.4 Å². The van der Waals surface area contributed by atoms with E-state index in [0.717, 1.165) is 22.4 Å². The fourth-order valence-corrected chi connectivity index (χ4v) is 1.90. The molecule has 0 unspecified atom stereocenters. The van der Waals surface area contributed by atoms with Crippen LogP contribution in [0.4, 0.5) is 5.69 Å². The molecule has 0 aliphatic heterocycles. The standard InChI is InChI=1S/C15H14N2O/c1-10-3-5-11(6-4-10)15-17-13-9-12(16-2)7-8-14(13)18-15/h3-9,16H,1-2H3. The summed E-state index contributed by atoms with van der Waals surface area (Å²) in [6.45, 7) is 2.06. The van der Waals surface area contributed by atoms with E-state index in [9.17, 15) is 0 Å². The van der Waals surface area contributed by atoms with E-state index in [-0.39, 0.29) is 0 Å². The number of hydrogen-bond donors (Lipinski definition) is 1. The summed E-state index contributed by atoms with van der Waals surface area (Å²) in [5.41, 5.74) is 4.95. The number of rotatable bonds is 2. The van der Waals surface area contributed by atoms with Gasteiger partial charge in [0.05, 0.1) is 0 Å². The minimum atomic E-state index is 0.665. The van der Waals surface area contributed by atoms with Crippen LogP contribution in [0.25, 0.3) is 22.6 Å². The molecule has 0 amide bonds. The van der Waals surface area contributed by atoms with Gasteiger partial charge >= 0.3 is 0 Å². The Morgan fingerprint density at radius 2 is 1.83 bits per heavy atom. The van der Waals surface area contributed by atoms with Crippen molar-refractivity contribution < 1.29 is 4.42 Å². The van der Waals surface area contributed by atoms with Gasteiger partial charge in [-0.25, -0.2) is 4.98 Å². The Labute approximate surface area is 105 Å². The minimum absolute atomic E-state index is 0.665. The predicted octanol–water partition coefficient (Wildman–Crippen LogP) is 3.84. The van der Waals surface area contributed by atoms with Crippen molar-refractivity contribution in [3.8, 4) is 11.5 Å². The first-order valence-electron chi connectivity index (χ1n) is 5.91. The van der Waals surface area contributed by atoms with Gasteiger partial charge in [-0.05, 0) is 37.3 Å². The van der Waals surface area contributed by atoms with Crippen LogP contribution in [-0.2, 0) is 0 Å². The molecule has 3 rings (SSSR count). The zero-order valence-corrected chi connectivity index (χ0v) is 10.4. The van der Waals surface area contributed by atoms with Crippen molar-refractivity contribution in [1.29, 1.82) is 0 Å². The van der Waals surface area contributed by atoms with Crippen molar-refractivity contribution in [1.82, 2.24) is 4.98 Å². The van der Waals surface area contributed by atoms with Crippen LogP contribution in [0.3, 0.4) is 0 Å². The largest absolute Gasteiger partial charge is 0.436 e. The van der Waals surface area contributed by atoms with Gasteiger partial charge in [-0.1, -0.05) is 17.7 Å². The van der Waals surface area contributed by atoms with Gasteiger partial charge in [0.2, 0.25) is 5.89 Å². The van der Waals surface area contributed by atoms with Crippen molar-refractivity contribution in [3.63, 3.8) is 0 Å². The number of benzene rings is 2. The lowest BCUT2D eigenvalue weighted by molar-refractivity contribution is 0.620. The molecule has 0 bridgehead atoms. The molecule has 0 atom stereocenters. The first-order valence-corrected chi connectivity index (χ1v) is 5.91. The number of fused-ring (bicyclic) bond motifs is 1. The number of hydrogen-bond acceptors (Lipinski definition) is 3. The zero-order chi connectivity index (χ0) is 12.5. The monoisotopic (exact) mass is 238 g/mol. The van der Waals surface area contributed by atoms with Gasteiger partial charge in [-0.15, -0.1) is 0 Å². The highest BCUT2D eigenvalue weighted by Crippen LogP contribution is 2.26. The van der Waals surface area contributed by atoms with E-state index in [4.69, 9.17) is 4.42 Å². The molecular formula is C15H14N2O. The summed E-state index contributed by atoms with van der Waals surface area (Å²) >= 11 is 0. The van der Waals surface area contributed by atoms with Crippen LogP contribution in [-0.4, -0.2) is 12.0 Å². The molecule has 0 saturated carbocycles. The van der Waals surface area contributed by atoms with Crippen molar-refractivity contribution in [2.24, 2.45) is 0 Å². The molecule has 3 nitrogen and oxygen atoms in total. The SMILES string of the molecule is CNc1ccc2oc(-c3ccc(C)cc3)nc2c1. The lowest BCUT2D eigenvalue weighted by atomic mass is 10.1. The Balaban J connectivity index is 2.10. The number of aromatic nitrogens is 1. The minimum Gasteiger partial charge on any atom is -0.436 e. The predicted molar refractivity (Wildman–Crippen MR) is 73.7 cm³/mol. The third-order valence-corrected chi connectivity index (χ3v) is 2.97. The summed E-state index contributed by atoms with van der Waals surface area (Å²) in [4.78, 5) is 4.51. The highest BCUT2D eigenvalue weighted by Gasteiger charge is 2.08. The fraction of sp³-hybridized carbons (Fsp3) is 0.133. The maximum atomic E-state index is 5.75. The van der Waals surface area contributed by atoms with Crippen LogP contribution < -0.4 is 5.32 Å². The quantitative estimate of drug-likeness (QED) is 0.737. The fourth-order valence-electron chi connectivity index (χ4n) is 1.90. The topological polar surface area (TPSA) is 38.1 Å². The van der Waals surface area contributed by atoms with Crippen LogP contribution >= 0.6 is 0 Å². The smallest absolute Gasteiger partial charge is 0.227 e. The normalized spacial score (nSPS) is 10.8. The number of oxazole rings is 1. The molecule has 0 radical (unpaired) electrons. The van der Waals surface area contributed by atoms with Gasteiger partial charge in [0.1, 0.15) is 5.52 Å². The molecule has 18 heavy (non-hydrogen) atoms. The first-order chi connectivity index (χ1) is 8.76. The van der Waals surface area contributed by atoms with E-state index in [0.29, 0.717) is 5.89 Å². The molecule has 1 heterocycles. The van der Waals surface area contributed by atoms with E-state index in [1.165, 1.54) is 5.56 Å². The van der Waals surface area contributed by atoms with Crippen LogP contribution in [0.15, 0.2) is 46.9 Å². The maximum Gasteiger partial charge on any atom is 0.227 e. The lowest BCUT2D eigenvalue weighted by Gasteiger charge is -1.96. The first kappa shape index (κ1) is 10.8. The summed E-state index contributed by atoms with van der Waals surface area (Å²) in [5.74, 6) is 0.665. The highest BCUT2D eigenvalue weighted by molar-refractivity contribution is 5.79. The van der Waals surface area contributed by atoms with E-state index >= 15 is 0 Å². The van der Waals surface area contributed by atoms with Gasteiger partial charge in [0, 0.05) is 18.3 Å². The molecule has 3 heteroatoms. The molecule has 0 fully saturated rings. The second kappa shape index (κ2) is 4.18. The van der Waals surface area contributed by atoms with Gasteiger partial charge < -0.3 is 9.73 Å². The number of nitrogens with zero attached hydrogens (tertiary/aromatic N) is 1. The third-order valence-electron chi connectivity index (χ3n) is 2.97. The average Bonchev–Trinajstić information content (AvgIpc) is 2.82. The van der Waals surface area contributed by atoms with Crippen LogP contribution in [0.2, 0.25) is 0 Å². The maximum absolute atomic E-state index is 5.75. The summed E-state index contributed by atoms with van der Waals surface area (Å²) < 4.78 is 5.75. The van der Waals surface area contributed by atoms with Crippen molar-refractivity contribution in [2.75, 3.05) is 12.4 Å². The van der Waals surface area contributed by atoms with Crippen LogP contribution in [0.5, 0.6) is 0 Å². The van der Waals surface area contributed by atoms with E-state index < -0.39 is 0 Å². The second-order valence-electron chi connectivity index (χ2n) is 4.32. The van der Waals surface area contributed by atoms with Gasteiger partial charge in [0.25, 0.3) is 0 Å². The molecule has 3 aromatic rings. The van der Waals surface area contributed by atoms with Crippen molar-refractivity contribution in [2.45, 2.75) is 6.92 Å². The number of anilines is 1. The molecule has 90 valence electrons. The molecule has 1 N–H and O–H groups in total. The lowest BCUT2D eigenvalue weighted by Crippen LogP contribution is -1.86. The number of aryl methyl sites for hydroxylation is 1. The van der Waals surface area contributed by atoms with Crippen molar-refractivity contribution in [3.05, 3.63) is 48.0 Å². The summed E-state index contributed by atoms with van der Waals surface area (Å²) in [6.07, 6.45) is 0. The van der Waals surface area contributed by atoms with Crippen LogP contribution in [0, 0.1) is 6.92 Å². The summed E-state index contributed by atoms with van der Waals surface area (Å²) in [6, 6.07) is 14.1. The summed E-state index contributed by atoms with van der Waals surface area (Å²) in [7, 11) is 1.89. The molecule has 1 aromatic heterocycles. The Kier molecular flexibility index (Phi) is 2.52. The molecule has 0 saturated heterocycles. The van der Waals surface area contributed by atoms with E-state index in [2.05, 4.69) is 29.4 Å². The van der Waals surface area contributed by atoms with Gasteiger partial charge in [0.15, 0.2) is 5.58 Å². The zero-order valence-electron chi connectivity index (χ0n) is 10.4. The Bertz CT molecular complexity index is 683. The average molecular weight is 238 g/mol. The Morgan fingerprint density at radius 3 is 2.56 bits per heavy atom. The summed E-state index contributed by atoms with van der Waals surface area (Å²) in [5, 5.41) is 3.09. The van der Waals surface area contributed by atoms with E-state index in [1.54, 1.807) is 0 Å². The molecule has 0 spiro atoms. The number of nitrogens with one attached hydrogen (secondary N) is 1. The molecule has 2 aromatic carbocycles. The third kappa shape index (κ3) is 1.84. The van der Waals surface area contributed by atoms with Crippen LogP contribution in [0.1, 0.15) is 5.56 Å².